The molecule has 2 heterocycles. The van der Waals surface area contributed by atoms with E-state index in [0.29, 0.717) is 6.04 Å². The quantitative estimate of drug-likeness (QED) is 0.842. The number of aliphatic hydroxyl groups is 1. The molecule has 1 fully saturated rings. The molecule has 4 heteroatoms. The maximum atomic E-state index is 9.28. The zero-order chi connectivity index (χ0) is 13.9. The molecule has 0 bridgehead atoms. The smallest absolute Gasteiger partial charge is 0.0951 e. The number of piperidine rings is 1. The van der Waals surface area contributed by atoms with E-state index >= 15 is 0 Å². The van der Waals surface area contributed by atoms with Crippen molar-refractivity contribution in [2.45, 2.75) is 31.7 Å². The molecule has 0 radical (unpaired) electrons. The summed E-state index contributed by atoms with van der Waals surface area (Å²) < 4.78 is 0. The molecule has 2 aromatic rings. The third-order valence-electron chi connectivity index (χ3n) is 4.18. The highest BCUT2D eigenvalue weighted by Gasteiger charge is 2.23. The van der Waals surface area contributed by atoms with Gasteiger partial charge in [0.05, 0.1) is 11.2 Å². The number of nitrogens with zero attached hydrogens (tertiary/aromatic N) is 2. The van der Waals surface area contributed by atoms with Crippen LogP contribution in [0.25, 0.3) is 10.9 Å². The van der Waals surface area contributed by atoms with Crippen molar-refractivity contribution in [3.8, 4) is 0 Å². The van der Waals surface area contributed by atoms with Gasteiger partial charge in [0, 0.05) is 36.5 Å². The van der Waals surface area contributed by atoms with Gasteiger partial charge in [-0.05, 0) is 49.9 Å². The molecule has 1 aliphatic rings. The van der Waals surface area contributed by atoms with Crippen LogP contribution >= 0.6 is 0 Å². The van der Waals surface area contributed by atoms with Gasteiger partial charge in [-0.3, -0.25) is 4.98 Å². The molecular formula is C16H21N3O. The summed E-state index contributed by atoms with van der Waals surface area (Å²) in [6, 6.07) is 8.49. The van der Waals surface area contributed by atoms with Crippen molar-refractivity contribution in [2.24, 2.45) is 0 Å². The topological polar surface area (TPSA) is 62.4 Å². The third-order valence-corrected chi connectivity index (χ3v) is 4.18. The molecule has 0 spiro atoms. The first kappa shape index (κ1) is 13.2. The fraction of sp³-hybridized carbons (Fsp3) is 0.438. The van der Waals surface area contributed by atoms with Gasteiger partial charge in [-0.1, -0.05) is 0 Å². The van der Waals surface area contributed by atoms with Crippen LogP contribution in [-0.4, -0.2) is 29.3 Å². The minimum atomic E-state index is 0.242. The highest BCUT2D eigenvalue weighted by atomic mass is 16.3. The monoisotopic (exact) mass is 271 g/mol. The molecule has 1 saturated heterocycles. The van der Waals surface area contributed by atoms with Crippen LogP contribution in [0.4, 0.5) is 11.4 Å². The fourth-order valence-corrected chi connectivity index (χ4v) is 3.20. The number of hydrogen-bond donors (Lipinski definition) is 2. The molecule has 3 rings (SSSR count). The molecule has 0 aliphatic carbocycles. The average molecular weight is 271 g/mol. The lowest BCUT2D eigenvalue weighted by Gasteiger charge is -2.38. The Morgan fingerprint density at radius 2 is 2.20 bits per heavy atom. The van der Waals surface area contributed by atoms with Crippen molar-refractivity contribution in [3.05, 3.63) is 30.5 Å². The summed E-state index contributed by atoms with van der Waals surface area (Å²) in [4.78, 5) is 6.83. The summed E-state index contributed by atoms with van der Waals surface area (Å²) in [5.74, 6) is 0. The molecule has 1 aromatic carbocycles. The lowest BCUT2D eigenvalue weighted by molar-refractivity contribution is 0.262. The van der Waals surface area contributed by atoms with Gasteiger partial charge in [0.15, 0.2) is 0 Å². The summed E-state index contributed by atoms with van der Waals surface area (Å²) in [5, 5.41) is 10.4. The molecule has 1 atom stereocenters. The van der Waals surface area contributed by atoms with E-state index in [1.807, 2.05) is 12.1 Å². The first-order valence-corrected chi connectivity index (χ1v) is 7.32. The number of nitrogens with two attached hydrogens (primary N) is 1. The fourth-order valence-electron chi connectivity index (χ4n) is 3.20. The SMILES string of the molecule is Nc1ccc(N2CCCCC2CCO)c2cccnc12. The van der Waals surface area contributed by atoms with Crippen LogP contribution < -0.4 is 10.6 Å². The summed E-state index contributed by atoms with van der Waals surface area (Å²) >= 11 is 0. The Balaban J connectivity index is 2.06. The highest BCUT2D eigenvalue weighted by molar-refractivity contribution is 5.98. The van der Waals surface area contributed by atoms with Crippen LogP contribution in [0, 0.1) is 0 Å². The Morgan fingerprint density at radius 1 is 1.30 bits per heavy atom. The van der Waals surface area contributed by atoms with Crippen molar-refractivity contribution in [1.82, 2.24) is 4.98 Å². The number of benzene rings is 1. The summed E-state index contributed by atoms with van der Waals surface area (Å²) in [6.07, 6.45) is 6.20. The van der Waals surface area contributed by atoms with Crippen molar-refractivity contribution in [2.75, 3.05) is 23.8 Å². The van der Waals surface area contributed by atoms with Gasteiger partial charge in [-0.25, -0.2) is 0 Å². The Kier molecular flexibility index (Phi) is 3.74. The van der Waals surface area contributed by atoms with Crippen LogP contribution in [0.3, 0.4) is 0 Å². The number of aromatic nitrogens is 1. The Morgan fingerprint density at radius 3 is 3.05 bits per heavy atom. The number of fused-ring (bicyclic) bond motifs is 1. The van der Waals surface area contributed by atoms with E-state index in [-0.39, 0.29) is 6.61 Å². The maximum Gasteiger partial charge on any atom is 0.0951 e. The van der Waals surface area contributed by atoms with Gasteiger partial charge < -0.3 is 15.7 Å². The standard InChI is InChI=1S/C16H21N3O/c17-14-6-7-15(13-5-3-9-18-16(13)14)19-10-2-1-4-12(19)8-11-20/h3,5-7,9,12,20H,1-2,4,8,10-11,17H2. The molecule has 1 aromatic heterocycles. The Labute approximate surface area is 119 Å². The van der Waals surface area contributed by atoms with Gasteiger partial charge in [-0.2, -0.15) is 0 Å². The lowest BCUT2D eigenvalue weighted by Crippen LogP contribution is -2.40. The molecule has 20 heavy (non-hydrogen) atoms. The molecule has 0 saturated carbocycles. The van der Waals surface area contributed by atoms with Crippen LogP contribution in [0.1, 0.15) is 25.7 Å². The van der Waals surface area contributed by atoms with E-state index in [1.165, 1.54) is 18.5 Å². The van der Waals surface area contributed by atoms with Crippen molar-refractivity contribution in [1.29, 1.82) is 0 Å². The van der Waals surface area contributed by atoms with Crippen LogP contribution in [0.15, 0.2) is 30.5 Å². The summed E-state index contributed by atoms with van der Waals surface area (Å²) in [6.45, 7) is 1.28. The minimum Gasteiger partial charge on any atom is -0.397 e. The molecule has 1 aliphatic heterocycles. The highest BCUT2D eigenvalue weighted by Crippen LogP contribution is 2.34. The summed E-state index contributed by atoms with van der Waals surface area (Å²) in [5.41, 5.74) is 8.82. The number of rotatable bonds is 3. The molecule has 4 nitrogen and oxygen atoms in total. The molecule has 1 unspecified atom stereocenters. The molecule has 3 N–H and O–H groups in total. The molecule has 106 valence electrons. The zero-order valence-corrected chi connectivity index (χ0v) is 11.6. The second-order valence-electron chi connectivity index (χ2n) is 5.43. The van der Waals surface area contributed by atoms with Crippen molar-refractivity contribution >= 4 is 22.3 Å². The number of nitrogen functional groups attached to an aromatic ring is 1. The predicted molar refractivity (Wildman–Crippen MR) is 82.8 cm³/mol. The zero-order valence-electron chi connectivity index (χ0n) is 11.6. The lowest BCUT2D eigenvalue weighted by atomic mass is 9.97. The van der Waals surface area contributed by atoms with Crippen molar-refractivity contribution in [3.63, 3.8) is 0 Å². The second-order valence-corrected chi connectivity index (χ2v) is 5.43. The number of aliphatic hydroxyl groups excluding tert-OH is 1. The van der Waals surface area contributed by atoms with Gasteiger partial charge in [0.25, 0.3) is 0 Å². The van der Waals surface area contributed by atoms with E-state index in [2.05, 4.69) is 22.0 Å². The average Bonchev–Trinajstić information content (AvgIpc) is 2.49. The molecule has 0 amide bonds. The van der Waals surface area contributed by atoms with Gasteiger partial charge in [-0.15, -0.1) is 0 Å². The predicted octanol–water partition coefficient (Wildman–Crippen LogP) is 2.56. The van der Waals surface area contributed by atoms with Crippen molar-refractivity contribution < 1.29 is 5.11 Å². The van der Waals surface area contributed by atoms with Gasteiger partial charge in [0.1, 0.15) is 0 Å². The van der Waals surface area contributed by atoms with Gasteiger partial charge >= 0.3 is 0 Å². The first-order valence-electron chi connectivity index (χ1n) is 7.32. The van der Waals surface area contributed by atoms with E-state index in [1.54, 1.807) is 6.20 Å². The van der Waals surface area contributed by atoms with E-state index < -0.39 is 0 Å². The number of hydrogen-bond acceptors (Lipinski definition) is 4. The van der Waals surface area contributed by atoms with E-state index in [0.717, 1.165) is 36.0 Å². The van der Waals surface area contributed by atoms with Crippen LogP contribution in [-0.2, 0) is 0 Å². The Hall–Kier alpha value is -1.81. The third kappa shape index (κ3) is 2.31. The maximum absolute atomic E-state index is 9.28. The van der Waals surface area contributed by atoms with Crippen LogP contribution in [0.5, 0.6) is 0 Å². The first-order chi connectivity index (χ1) is 9.81. The molecular weight excluding hydrogens is 250 g/mol. The second kappa shape index (κ2) is 5.67. The number of anilines is 2. The van der Waals surface area contributed by atoms with Gasteiger partial charge in [0.2, 0.25) is 0 Å². The van der Waals surface area contributed by atoms with E-state index in [9.17, 15) is 5.11 Å². The summed E-state index contributed by atoms with van der Waals surface area (Å²) in [7, 11) is 0. The Bertz CT molecular complexity index is 597. The number of pyridine rings is 1. The van der Waals surface area contributed by atoms with Crippen LogP contribution in [0.2, 0.25) is 0 Å². The normalized spacial score (nSPS) is 19.4. The minimum absolute atomic E-state index is 0.242. The van der Waals surface area contributed by atoms with E-state index in [4.69, 9.17) is 5.73 Å². The largest absolute Gasteiger partial charge is 0.397 e.